The summed E-state index contributed by atoms with van der Waals surface area (Å²) in [5.74, 6) is 2.35. The van der Waals surface area contributed by atoms with E-state index in [-0.39, 0.29) is 0 Å². The monoisotopic (exact) mass is 1570 g/mol. The van der Waals surface area contributed by atoms with E-state index in [0.717, 1.165) is 132 Å². The summed E-state index contributed by atoms with van der Waals surface area (Å²) >= 11 is 8.39. The van der Waals surface area contributed by atoms with Crippen molar-refractivity contribution in [3.05, 3.63) is 278 Å². The number of sulfone groups is 3. The first kappa shape index (κ1) is 76.5. The van der Waals surface area contributed by atoms with Crippen LogP contribution in [0.5, 0.6) is 0 Å². The molecule has 0 fully saturated rings. The number of hydrogen-bond donors (Lipinski definition) is 4. The Morgan fingerprint density at radius 1 is 0.495 bits per heavy atom. The van der Waals surface area contributed by atoms with Crippen molar-refractivity contribution in [1.82, 2.24) is 29.5 Å². The third-order valence-electron chi connectivity index (χ3n) is 18.2. The predicted octanol–water partition coefficient (Wildman–Crippen LogP) is 17.7. The molecule has 0 aliphatic heterocycles. The highest BCUT2D eigenvalue weighted by Crippen LogP contribution is 2.35. The van der Waals surface area contributed by atoms with Crippen LogP contribution in [0.4, 0.5) is 17.3 Å². The number of rotatable bonds is 10. The van der Waals surface area contributed by atoms with Gasteiger partial charge in [-0.2, -0.15) is 4.98 Å². The molecule has 4 aromatic heterocycles. The van der Waals surface area contributed by atoms with Gasteiger partial charge in [-0.25, -0.2) is 40.2 Å². The molecule has 0 unspecified atom stereocenters. The van der Waals surface area contributed by atoms with Gasteiger partial charge >= 0.3 is 0 Å². The zero-order valence-corrected chi connectivity index (χ0v) is 64.4. The minimum Gasteiger partial charge on any atom is -0.398 e. The quantitative estimate of drug-likeness (QED) is 0.0564. The first-order valence-electron chi connectivity index (χ1n) is 34.0. The number of aryl methyl sites for hydroxylation is 4. The second-order valence-corrected chi connectivity index (χ2v) is 34.0. The van der Waals surface area contributed by atoms with E-state index in [4.69, 9.17) is 37.2 Å². The molecule has 534 valence electrons. The minimum atomic E-state index is -3.34. The number of H-pyrrole nitrogens is 1. The van der Waals surface area contributed by atoms with Gasteiger partial charge in [0.05, 0.1) is 31.6 Å². The smallest absolute Gasteiger partial charge is 0.236 e. The normalized spacial score (nSPS) is 13.7. The van der Waals surface area contributed by atoms with Crippen LogP contribution in [0.3, 0.4) is 0 Å². The largest absolute Gasteiger partial charge is 0.398 e. The molecule has 0 radical (unpaired) electrons. The molecular weight excluding hydrogens is 1490 g/mol. The van der Waals surface area contributed by atoms with Crippen molar-refractivity contribution in [2.75, 3.05) is 35.1 Å². The van der Waals surface area contributed by atoms with E-state index in [2.05, 4.69) is 123 Å². The molecule has 4 heterocycles. The van der Waals surface area contributed by atoms with Crippen LogP contribution in [0.25, 0.3) is 46.0 Å². The van der Waals surface area contributed by atoms with Crippen molar-refractivity contribution in [3.8, 4) is 5.95 Å². The predicted molar refractivity (Wildman–Crippen MR) is 429 cm³/mol. The lowest BCUT2D eigenvalue weighted by molar-refractivity contribution is 0.600. The molecule has 0 bridgehead atoms. The first-order chi connectivity index (χ1) is 49.2. The van der Waals surface area contributed by atoms with Gasteiger partial charge in [0.25, 0.3) is 0 Å². The summed E-state index contributed by atoms with van der Waals surface area (Å²) < 4.78 is 73.8. The average Bonchev–Trinajstić information content (AvgIpc) is 1.59. The summed E-state index contributed by atoms with van der Waals surface area (Å²) in [4.78, 5) is 36.8. The van der Waals surface area contributed by atoms with E-state index in [9.17, 15) is 25.3 Å². The van der Waals surface area contributed by atoms with E-state index in [0.29, 0.717) is 37.8 Å². The van der Waals surface area contributed by atoms with E-state index in [1.165, 1.54) is 96.4 Å². The molecule has 16 rings (SSSR count). The van der Waals surface area contributed by atoms with Crippen molar-refractivity contribution in [2.24, 2.45) is 0 Å². The number of aromatic nitrogens is 6. The van der Waals surface area contributed by atoms with Gasteiger partial charge in [-0.05, 0) is 233 Å². The molecule has 5 aliphatic carbocycles. The number of halogens is 2. The summed E-state index contributed by atoms with van der Waals surface area (Å²) in [5.41, 5.74) is 28.9. The number of nitrogens with one attached hydrogen (secondary N) is 3. The fourth-order valence-corrected chi connectivity index (χ4v) is 17.1. The molecule has 103 heavy (non-hydrogen) atoms. The summed E-state index contributed by atoms with van der Waals surface area (Å²) in [6.45, 7) is 11.7. The van der Waals surface area contributed by atoms with Gasteiger partial charge in [-0.15, -0.1) is 0 Å². The van der Waals surface area contributed by atoms with Crippen molar-refractivity contribution in [1.29, 1.82) is 0 Å². The molecular formula is C81H85ClIN9O8S3. The van der Waals surface area contributed by atoms with Gasteiger partial charge in [0, 0.05) is 95.4 Å². The first-order valence-corrected chi connectivity index (χ1v) is 41.1. The maximum atomic E-state index is 12.3. The number of allylic oxidation sites excluding steroid dienone is 3. The molecule has 7 aromatic carbocycles. The van der Waals surface area contributed by atoms with Crippen LogP contribution < -0.4 is 16.4 Å². The molecule has 0 amide bonds. The van der Waals surface area contributed by atoms with Crippen LogP contribution >= 0.6 is 34.2 Å². The SMILES string of the molecule is CC1=Cc2c(I)cccc2C1.CC1=Cc2c(N)cccc2C1.CC1=Cc2c(cccc2S(C)(=O)=O)C1.Cc1cc2c(S(C)(=O)=O)cccc2[nH]1.Cc1cc2c(S(C)(=O)=O)cccc2n1-c1nc2c(c(NCc3ccccc3)n1)CCCC2.Clc1nc2c(c(NCc3ccccc3)n1)CCCC2.O=O. The topological polar surface area (TPSA) is 259 Å². The lowest BCUT2D eigenvalue weighted by Crippen LogP contribution is -2.16. The molecule has 22 heteroatoms. The molecule has 0 saturated carbocycles. The number of nitrogens with zero attached hydrogens (tertiary/aromatic N) is 5. The Kier molecular flexibility index (Phi) is 25.2. The summed E-state index contributed by atoms with van der Waals surface area (Å²) in [6, 6.07) is 53.0. The molecule has 17 nitrogen and oxygen atoms in total. The molecule has 11 aromatic rings. The summed E-state index contributed by atoms with van der Waals surface area (Å²) in [5, 5.41) is 8.74. The standard InChI is InChI=1S/C25H26N4O2S.C15H16ClN3.C11H12O2S.C10H9I.C10H11NO2S.C10H11N.O2/c1-17-15-20-22(13-8-14-23(20)32(2,30)31)29(17)25-27-21-12-7-6-11-19(21)24(28-25)26-16-18-9-4-3-5-10-18;16-15-18-13-9-5-4-8-12(13)14(19-15)17-10-11-6-2-1-3-7-11;1-8-6-9-4-3-5-11(10(9)7-8)14(2,12)13;1-7-5-8-3-2-4-10(11)9(8)6-7;1-7-6-8-9(11-7)4-3-5-10(8)14(2,12)13;1-7-5-8-3-2-4-10(11)9(8)6-7;1-2/h3-5,8-10,13-15H,6-7,11-12,16H2,1-2H3,(H,26,27,28);1-3,6-7H,4-5,8-10H2,(H,17,18,19);3-5,7H,6H2,1-2H3;2-4,6H,5H2,1H3;3-6,11H,1-2H3;2-4,6H,5,11H2,1H3;. The average molecular weight is 1570 g/mol. The van der Waals surface area contributed by atoms with Crippen molar-refractivity contribution < 1.29 is 25.3 Å². The Bertz CT molecular complexity index is 5320. The molecule has 5 N–H and O–H groups in total. The maximum absolute atomic E-state index is 12.3. The lowest BCUT2D eigenvalue weighted by atomic mass is 9.96. The highest BCUT2D eigenvalue weighted by atomic mass is 127. The van der Waals surface area contributed by atoms with Crippen molar-refractivity contribution >= 4 is 121 Å². The summed E-state index contributed by atoms with van der Waals surface area (Å²) in [7, 11) is -9.58. The van der Waals surface area contributed by atoms with Crippen LogP contribution in [0.15, 0.2) is 195 Å². The number of hydrogen-bond acceptors (Lipinski definition) is 15. The fourth-order valence-electron chi connectivity index (χ4n) is 13.5. The van der Waals surface area contributed by atoms with E-state index in [1.54, 1.807) is 30.3 Å². The highest BCUT2D eigenvalue weighted by Gasteiger charge is 2.24. The highest BCUT2D eigenvalue weighted by molar-refractivity contribution is 14.1. The lowest BCUT2D eigenvalue weighted by Gasteiger charge is -2.21. The number of aromatic amines is 1. The number of anilines is 3. The number of benzene rings is 7. The van der Waals surface area contributed by atoms with Crippen molar-refractivity contribution in [3.63, 3.8) is 0 Å². The zero-order valence-electron chi connectivity index (χ0n) is 59.1. The van der Waals surface area contributed by atoms with Gasteiger partial charge in [0.15, 0.2) is 29.5 Å². The van der Waals surface area contributed by atoms with Gasteiger partial charge in [-0.3, -0.25) is 4.57 Å². The van der Waals surface area contributed by atoms with Crippen LogP contribution in [0.1, 0.15) is 125 Å². The molecule has 0 spiro atoms. The van der Waals surface area contributed by atoms with Crippen LogP contribution in [-0.4, -0.2) is 73.5 Å². The Hall–Kier alpha value is -9.13. The van der Waals surface area contributed by atoms with Gasteiger partial charge < -0.3 is 21.4 Å². The maximum Gasteiger partial charge on any atom is 0.236 e. The van der Waals surface area contributed by atoms with Gasteiger partial charge in [0.1, 0.15) is 11.6 Å². The minimum absolute atomic E-state index is 0.331. The summed E-state index contributed by atoms with van der Waals surface area (Å²) in [6.07, 6.45) is 21.8. The van der Waals surface area contributed by atoms with Crippen LogP contribution in [-0.2, 0) is 87.5 Å². The van der Waals surface area contributed by atoms with E-state index in [1.807, 2.05) is 116 Å². The van der Waals surface area contributed by atoms with Crippen LogP contribution in [0.2, 0.25) is 5.28 Å². The van der Waals surface area contributed by atoms with E-state index < -0.39 is 29.5 Å². The number of nitrogens with two attached hydrogens (primary N) is 1. The third-order valence-corrected chi connectivity index (χ3v) is 22.8. The van der Waals surface area contributed by atoms with E-state index >= 15 is 0 Å². The Morgan fingerprint density at radius 2 is 0.951 bits per heavy atom. The Labute approximate surface area is 622 Å². The second kappa shape index (κ2) is 34.0. The molecule has 0 saturated heterocycles. The molecule has 5 aliphatic rings. The van der Waals surface area contributed by atoms with Gasteiger partial charge in [0.2, 0.25) is 11.2 Å². The number of nitrogen functional groups attached to an aromatic ring is 1. The number of fused-ring (bicyclic) bond motifs is 7. The molecule has 0 atom stereocenters. The Morgan fingerprint density at radius 3 is 1.50 bits per heavy atom. The third kappa shape index (κ3) is 19.4. The van der Waals surface area contributed by atoms with Crippen molar-refractivity contribution in [2.45, 2.75) is 133 Å². The van der Waals surface area contributed by atoms with Crippen LogP contribution in [0, 0.1) is 27.3 Å². The van der Waals surface area contributed by atoms with Gasteiger partial charge in [-0.1, -0.05) is 144 Å². The second-order valence-electron chi connectivity index (χ2n) is 26.5. The Balaban J connectivity index is 0.000000139. The fraction of sp³-hybridized carbons (Fsp3) is 0.259. The zero-order chi connectivity index (χ0) is 73.8.